The Labute approximate surface area is 222 Å². The predicted octanol–water partition coefficient (Wildman–Crippen LogP) is 3.56. The highest BCUT2D eigenvalue weighted by Crippen LogP contribution is 2.39. The number of aromatic nitrogens is 3. The third kappa shape index (κ3) is 4.87. The van der Waals surface area contributed by atoms with Gasteiger partial charge < -0.3 is 24.3 Å². The molecule has 1 amide bonds. The fourth-order valence-electron chi connectivity index (χ4n) is 4.35. The Morgan fingerprint density at radius 3 is 2.49 bits per heavy atom. The summed E-state index contributed by atoms with van der Waals surface area (Å²) in [7, 11) is 0.787. The first-order valence-corrected chi connectivity index (χ1v) is 12.4. The van der Waals surface area contributed by atoms with Crippen molar-refractivity contribution in [2.24, 2.45) is 11.8 Å². The van der Waals surface area contributed by atoms with Gasteiger partial charge in [0.2, 0.25) is 5.91 Å². The molecule has 1 aliphatic heterocycles. The molecule has 5 rings (SSSR count). The number of fused-ring (bicyclic) bond motifs is 1. The Morgan fingerprint density at radius 2 is 1.89 bits per heavy atom. The highest BCUT2D eigenvalue weighted by Gasteiger charge is 2.52. The Morgan fingerprint density at radius 1 is 1.22 bits per heavy atom. The second-order valence-corrected chi connectivity index (χ2v) is 10.9. The molecule has 9 nitrogen and oxygen atoms in total. The van der Waals surface area contributed by atoms with Crippen LogP contribution in [0, 0.1) is 11.8 Å². The van der Waals surface area contributed by atoms with E-state index in [2.05, 4.69) is 20.5 Å². The van der Waals surface area contributed by atoms with Gasteiger partial charge in [-0.25, -0.2) is 4.98 Å². The summed E-state index contributed by atoms with van der Waals surface area (Å²) < 4.78 is 42.7. The molecule has 0 radical (unpaired) electrons. The molecule has 3 heterocycles. The van der Waals surface area contributed by atoms with Gasteiger partial charge in [0.15, 0.2) is 11.6 Å². The minimum Gasteiger partial charge on any atom is -0.497 e. The van der Waals surface area contributed by atoms with E-state index in [0.717, 1.165) is 12.0 Å². The number of rotatable bonds is 7. The number of benzene rings is 1. The summed E-state index contributed by atoms with van der Waals surface area (Å²) in [6.07, 6.45) is 2.39. The first-order valence-electron chi connectivity index (χ1n) is 13.9. The van der Waals surface area contributed by atoms with Crippen LogP contribution in [-0.2, 0) is 20.6 Å². The molecule has 1 saturated heterocycles. The summed E-state index contributed by atoms with van der Waals surface area (Å²) in [6, 6.07) is 8.84. The standard InChI is InChI=1S/C27H34BN5O4/c1-16-12-19(16)25(34)30-22-13-20-21(28-36-26(2,3)27(4,5)37-28)14-29-24(23(20)32-31-22)33(6)15-17-8-10-18(35-7)11-9-17/h8-11,13-14,16,19H,12,15H2,1-7H3,(H,30,31,34)/t16-,19+/m1/s1/i6D3. The molecule has 0 unspecified atom stereocenters. The average molecular weight is 506 g/mol. The Balaban J connectivity index is 1.60. The lowest BCUT2D eigenvalue weighted by Gasteiger charge is -2.32. The fourth-order valence-corrected chi connectivity index (χ4v) is 4.35. The van der Waals surface area contributed by atoms with Gasteiger partial charge in [-0.2, -0.15) is 0 Å². The topological polar surface area (TPSA) is 98.7 Å². The van der Waals surface area contributed by atoms with Gasteiger partial charge in [0.25, 0.3) is 0 Å². The van der Waals surface area contributed by atoms with Crippen LogP contribution in [0.2, 0.25) is 0 Å². The number of hydrogen-bond acceptors (Lipinski definition) is 8. The molecule has 2 atom stereocenters. The number of nitrogens with one attached hydrogen (secondary N) is 1. The van der Waals surface area contributed by atoms with Crippen LogP contribution in [0.15, 0.2) is 36.5 Å². The maximum absolute atomic E-state index is 12.7. The quantitative estimate of drug-likeness (QED) is 0.486. The lowest BCUT2D eigenvalue weighted by Crippen LogP contribution is -2.41. The van der Waals surface area contributed by atoms with E-state index in [9.17, 15) is 4.79 Å². The van der Waals surface area contributed by atoms with Gasteiger partial charge in [0, 0.05) is 40.6 Å². The lowest BCUT2D eigenvalue weighted by atomic mass is 9.78. The molecular formula is C27H34BN5O4. The normalized spacial score (nSPS) is 23.2. The smallest absolute Gasteiger partial charge is 0.497 e. The van der Waals surface area contributed by atoms with Crippen molar-refractivity contribution >= 4 is 41.0 Å². The number of amides is 1. The van der Waals surface area contributed by atoms with Crippen LogP contribution >= 0.6 is 0 Å². The average Bonchev–Trinajstić information content (AvgIpc) is 3.57. The third-order valence-electron chi connectivity index (χ3n) is 7.60. The highest BCUT2D eigenvalue weighted by molar-refractivity contribution is 6.65. The number of pyridine rings is 1. The van der Waals surface area contributed by atoms with Crippen molar-refractivity contribution in [1.82, 2.24) is 15.2 Å². The number of methoxy groups -OCH3 is 1. The minimum atomic E-state index is -2.54. The third-order valence-corrected chi connectivity index (χ3v) is 7.60. The first kappa shape index (κ1) is 21.8. The van der Waals surface area contributed by atoms with Crippen molar-refractivity contribution < 1.29 is 23.0 Å². The molecule has 3 aromatic rings. The molecule has 0 spiro atoms. The maximum atomic E-state index is 12.7. The summed E-state index contributed by atoms with van der Waals surface area (Å²) in [5, 5.41) is 12.0. The molecular weight excluding hydrogens is 469 g/mol. The van der Waals surface area contributed by atoms with Crippen molar-refractivity contribution in [2.75, 3.05) is 24.3 Å². The van der Waals surface area contributed by atoms with E-state index in [1.807, 2.05) is 34.6 Å². The Kier molecular flexibility index (Phi) is 5.46. The van der Waals surface area contributed by atoms with Gasteiger partial charge in [0.05, 0.1) is 18.3 Å². The molecule has 1 aliphatic carbocycles. The number of ether oxygens (including phenoxy) is 1. The van der Waals surface area contributed by atoms with Gasteiger partial charge in [-0.05, 0) is 63.8 Å². The molecule has 194 valence electrons. The zero-order valence-electron chi connectivity index (χ0n) is 25.0. The summed E-state index contributed by atoms with van der Waals surface area (Å²) in [5.74, 6) is 1.23. The molecule has 1 saturated carbocycles. The Bertz CT molecular complexity index is 1420. The van der Waals surface area contributed by atoms with Gasteiger partial charge in [-0.3, -0.25) is 4.79 Å². The van der Waals surface area contributed by atoms with Gasteiger partial charge in [0.1, 0.15) is 11.3 Å². The van der Waals surface area contributed by atoms with E-state index in [-0.39, 0.29) is 35.5 Å². The molecule has 2 aliphatic rings. The van der Waals surface area contributed by atoms with Gasteiger partial charge in [-0.1, -0.05) is 19.1 Å². The van der Waals surface area contributed by atoms with E-state index in [4.69, 9.17) is 18.2 Å². The molecule has 1 aromatic carbocycles. The van der Waals surface area contributed by atoms with Crippen LogP contribution in [0.5, 0.6) is 5.75 Å². The molecule has 1 N–H and O–H groups in total. The first-order chi connectivity index (χ1) is 18.7. The highest BCUT2D eigenvalue weighted by atomic mass is 16.7. The molecule has 2 aromatic heterocycles. The van der Waals surface area contributed by atoms with E-state index in [1.54, 1.807) is 43.6 Å². The fraction of sp³-hybridized carbons (Fsp3) is 0.481. The number of nitrogens with zero attached hydrogens (tertiary/aromatic N) is 4. The maximum Gasteiger partial charge on any atom is 0.497 e. The SMILES string of the molecule is [2H]C([2H])([2H])N(Cc1ccc(OC)cc1)c1ncc(B2OC(C)(C)C(C)(C)O2)c2cc(NC(=O)[C@H]3C[C@H]3C)nnc12. The van der Waals surface area contributed by atoms with Gasteiger partial charge in [-0.15, -0.1) is 10.2 Å². The van der Waals surface area contributed by atoms with Crippen LogP contribution in [0.3, 0.4) is 0 Å². The largest absolute Gasteiger partial charge is 0.497 e. The number of carbonyl (C=O) groups excluding carboxylic acids is 1. The lowest BCUT2D eigenvalue weighted by molar-refractivity contribution is -0.117. The second-order valence-electron chi connectivity index (χ2n) is 10.9. The molecule has 37 heavy (non-hydrogen) atoms. The second kappa shape index (κ2) is 9.26. The Hall–Kier alpha value is -3.24. The van der Waals surface area contributed by atoms with Crippen LogP contribution < -0.4 is 20.4 Å². The van der Waals surface area contributed by atoms with Crippen molar-refractivity contribution in [2.45, 2.75) is 58.8 Å². The summed E-state index contributed by atoms with van der Waals surface area (Å²) >= 11 is 0. The molecule has 10 heteroatoms. The predicted molar refractivity (Wildman–Crippen MR) is 144 cm³/mol. The van der Waals surface area contributed by atoms with Crippen molar-refractivity contribution in [3.8, 4) is 5.75 Å². The molecule has 2 fully saturated rings. The van der Waals surface area contributed by atoms with Crippen molar-refractivity contribution in [1.29, 1.82) is 0 Å². The minimum absolute atomic E-state index is 0.0398. The number of hydrogen-bond donors (Lipinski definition) is 1. The van der Waals surface area contributed by atoms with E-state index in [1.165, 1.54) is 4.90 Å². The summed E-state index contributed by atoms with van der Waals surface area (Å²) in [5.41, 5.74) is 0.354. The van der Waals surface area contributed by atoms with Crippen molar-refractivity contribution in [3.05, 3.63) is 42.1 Å². The van der Waals surface area contributed by atoms with Gasteiger partial charge >= 0.3 is 7.12 Å². The van der Waals surface area contributed by atoms with E-state index >= 15 is 0 Å². The monoisotopic (exact) mass is 506 g/mol. The summed E-state index contributed by atoms with van der Waals surface area (Å²) in [4.78, 5) is 18.4. The zero-order chi connectivity index (χ0) is 29.0. The molecule has 0 bridgehead atoms. The van der Waals surface area contributed by atoms with Crippen LogP contribution in [0.4, 0.5) is 11.6 Å². The van der Waals surface area contributed by atoms with E-state index < -0.39 is 25.3 Å². The number of anilines is 2. The van der Waals surface area contributed by atoms with Crippen LogP contribution in [0.1, 0.15) is 50.7 Å². The zero-order valence-corrected chi connectivity index (χ0v) is 22.0. The van der Waals surface area contributed by atoms with Crippen molar-refractivity contribution in [3.63, 3.8) is 0 Å². The van der Waals surface area contributed by atoms with E-state index in [0.29, 0.717) is 22.5 Å². The number of carbonyl (C=O) groups is 1. The van der Waals surface area contributed by atoms with Crippen LogP contribution in [-0.4, -0.2) is 53.5 Å². The summed E-state index contributed by atoms with van der Waals surface area (Å²) in [6.45, 7) is 7.32. The van der Waals surface area contributed by atoms with Crippen LogP contribution in [0.25, 0.3) is 10.9 Å².